The van der Waals surface area contributed by atoms with Crippen molar-refractivity contribution in [2.24, 2.45) is 0 Å². The molecule has 0 saturated carbocycles. The standard InChI is InChI=1S/C18H16ClF3N2O3/c1-9-8-10(2)23-15(19)14(9)17(26)27-11(3)16(25)24-13-6-4-12(5-7-13)18(20,21)22/h4-8,11H,1-3H3,(H,24,25)/t11-/m0/s1. The molecule has 0 saturated heterocycles. The van der Waals surface area contributed by atoms with Gasteiger partial charge >= 0.3 is 12.1 Å². The smallest absolute Gasteiger partial charge is 0.416 e. The lowest BCUT2D eigenvalue weighted by atomic mass is 10.1. The van der Waals surface area contributed by atoms with E-state index < -0.39 is 29.7 Å². The Hall–Kier alpha value is -2.61. The van der Waals surface area contributed by atoms with Crippen molar-refractivity contribution < 1.29 is 27.5 Å². The number of nitrogens with one attached hydrogen (secondary N) is 1. The summed E-state index contributed by atoms with van der Waals surface area (Å²) in [7, 11) is 0. The molecule has 0 aliphatic carbocycles. The van der Waals surface area contributed by atoms with Crippen molar-refractivity contribution >= 4 is 29.2 Å². The quantitative estimate of drug-likeness (QED) is 0.603. The highest BCUT2D eigenvalue weighted by molar-refractivity contribution is 6.32. The molecule has 1 amide bonds. The first-order valence-corrected chi connectivity index (χ1v) is 8.19. The van der Waals surface area contributed by atoms with Gasteiger partial charge in [0, 0.05) is 11.4 Å². The van der Waals surface area contributed by atoms with Crippen LogP contribution in [-0.4, -0.2) is 23.0 Å². The molecule has 27 heavy (non-hydrogen) atoms. The van der Waals surface area contributed by atoms with Gasteiger partial charge in [0.25, 0.3) is 5.91 Å². The number of nitrogens with zero attached hydrogens (tertiary/aromatic N) is 1. The molecule has 2 aromatic rings. The van der Waals surface area contributed by atoms with E-state index in [2.05, 4.69) is 10.3 Å². The Balaban J connectivity index is 2.04. The number of aromatic nitrogens is 1. The molecule has 2 rings (SSSR count). The number of alkyl halides is 3. The van der Waals surface area contributed by atoms with Crippen LogP contribution in [-0.2, 0) is 15.7 Å². The number of hydrogen-bond acceptors (Lipinski definition) is 4. The van der Waals surface area contributed by atoms with Crippen LogP contribution in [0.1, 0.15) is 34.1 Å². The maximum Gasteiger partial charge on any atom is 0.416 e. The van der Waals surface area contributed by atoms with E-state index in [1.165, 1.54) is 6.92 Å². The van der Waals surface area contributed by atoms with Gasteiger partial charge in [0.15, 0.2) is 6.10 Å². The molecule has 1 aromatic carbocycles. The van der Waals surface area contributed by atoms with E-state index in [4.69, 9.17) is 16.3 Å². The van der Waals surface area contributed by atoms with Crippen LogP contribution in [0.15, 0.2) is 30.3 Å². The first-order valence-electron chi connectivity index (χ1n) is 7.82. The van der Waals surface area contributed by atoms with Crippen LogP contribution >= 0.6 is 11.6 Å². The van der Waals surface area contributed by atoms with Gasteiger partial charge in [0.2, 0.25) is 0 Å². The first-order chi connectivity index (χ1) is 12.5. The zero-order valence-corrected chi connectivity index (χ0v) is 15.4. The minimum Gasteiger partial charge on any atom is -0.449 e. The number of esters is 1. The summed E-state index contributed by atoms with van der Waals surface area (Å²) < 4.78 is 42.7. The summed E-state index contributed by atoms with van der Waals surface area (Å²) >= 11 is 5.97. The van der Waals surface area contributed by atoms with Crippen LogP contribution in [0.4, 0.5) is 18.9 Å². The van der Waals surface area contributed by atoms with E-state index in [1.807, 2.05) is 0 Å². The summed E-state index contributed by atoms with van der Waals surface area (Å²) in [5.41, 5.74) is 0.533. The lowest BCUT2D eigenvalue weighted by Crippen LogP contribution is -2.30. The lowest BCUT2D eigenvalue weighted by molar-refractivity contribution is -0.137. The molecule has 5 nitrogen and oxygen atoms in total. The Morgan fingerprint density at radius 3 is 2.30 bits per heavy atom. The molecule has 0 aliphatic heterocycles. The second kappa shape index (κ2) is 7.96. The average Bonchev–Trinajstić information content (AvgIpc) is 2.53. The molecule has 144 valence electrons. The van der Waals surface area contributed by atoms with Crippen LogP contribution in [0, 0.1) is 13.8 Å². The lowest BCUT2D eigenvalue weighted by Gasteiger charge is -2.15. The van der Waals surface area contributed by atoms with E-state index >= 15 is 0 Å². The minimum atomic E-state index is -4.47. The van der Waals surface area contributed by atoms with Gasteiger partial charge in [-0.2, -0.15) is 13.2 Å². The van der Waals surface area contributed by atoms with Gasteiger partial charge in [-0.05, 0) is 56.7 Å². The zero-order valence-electron chi connectivity index (χ0n) is 14.6. The predicted molar refractivity (Wildman–Crippen MR) is 93.7 cm³/mol. The molecule has 0 spiro atoms. The largest absolute Gasteiger partial charge is 0.449 e. The fraction of sp³-hybridized carbons (Fsp3) is 0.278. The number of halogens is 4. The fourth-order valence-corrected chi connectivity index (χ4v) is 2.66. The van der Waals surface area contributed by atoms with E-state index in [1.54, 1.807) is 19.9 Å². The first kappa shape index (κ1) is 20.7. The van der Waals surface area contributed by atoms with Crippen molar-refractivity contribution in [3.05, 3.63) is 57.9 Å². The van der Waals surface area contributed by atoms with Crippen molar-refractivity contribution in [3.63, 3.8) is 0 Å². The maximum atomic E-state index is 12.5. The van der Waals surface area contributed by atoms with Gasteiger partial charge in [-0.25, -0.2) is 9.78 Å². The van der Waals surface area contributed by atoms with Gasteiger partial charge in [-0.3, -0.25) is 4.79 Å². The Bertz CT molecular complexity index is 844. The van der Waals surface area contributed by atoms with Crippen molar-refractivity contribution in [1.29, 1.82) is 0 Å². The van der Waals surface area contributed by atoms with Crippen LogP contribution in [0.5, 0.6) is 0 Å². The number of ether oxygens (including phenoxy) is 1. The topological polar surface area (TPSA) is 68.3 Å². The molecule has 1 aromatic heterocycles. The highest BCUT2D eigenvalue weighted by Crippen LogP contribution is 2.29. The summed E-state index contributed by atoms with van der Waals surface area (Å²) in [6.45, 7) is 4.71. The Labute approximate surface area is 158 Å². The third kappa shape index (κ3) is 5.19. The monoisotopic (exact) mass is 400 g/mol. The third-order valence-corrected chi connectivity index (χ3v) is 3.91. The van der Waals surface area contributed by atoms with Crippen LogP contribution < -0.4 is 5.32 Å². The van der Waals surface area contributed by atoms with Crippen molar-refractivity contribution in [2.75, 3.05) is 5.32 Å². The molecule has 0 radical (unpaired) electrons. The van der Waals surface area contributed by atoms with Crippen molar-refractivity contribution in [1.82, 2.24) is 4.98 Å². The number of carbonyl (C=O) groups is 2. The second-order valence-electron chi connectivity index (χ2n) is 5.86. The Morgan fingerprint density at radius 2 is 1.78 bits per heavy atom. The van der Waals surface area contributed by atoms with Gasteiger partial charge in [-0.1, -0.05) is 11.6 Å². The van der Waals surface area contributed by atoms with Gasteiger partial charge in [-0.15, -0.1) is 0 Å². The SMILES string of the molecule is Cc1cc(C)c(C(=O)O[C@@H](C)C(=O)Nc2ccc(C(F)(F)F)cc2)c(Cl)n1. The van der Waals surface area contributed by atoms with E-state index in [0.717, 1.165) is 24.3 Å². The number of hydrogen-bond donors (Lipinski definition) is 1. The molecule has 0 unspecified atom stereocenters. The molecule has 0 fully saturated rings. The van der Waals surface area contributed by atoms with Crippen molar-refractivity contribution in [3.8, 4) is 0 Å². The molecule has 1 atom stereocenters. The fourth-order valence-electron chi connectivity index (χ4n) is 2.30. The number of amides is 1. The molecule has 0 aliphatic rings. The Morgan fingerprint density at radius 1 is 1.19 bits per heavy atom. The molecule has 1 heterocycles. The summed E-state index contributed by atoms with van der Waals surface area (Å²) in [5, 5.41) is 2.35. The predicted octanol–water partition coefficient (Wildman–Crippen LogP) is 4.55. The van der Waals surface area contributed by atoms with Crippen LogP contribution in [0.3, 0.4) is 0 Å². The van der Waals surface area contributed by atoms with Gasteiger partial charge in [0.1, 0.15) is 5.15 Å². The van der Waals surface area contributed by atoms with Gasteiger partial charge in [0.05, 0.1) is 11.1 Å². The number of aryl methyl sites for hydroxylation is 2. The zero-order chi connectivity index (χ0) is 20.4. The highest BCUT2D eigenvalue weighted by Gasteiger charge is 2.30. The summed E-state index contributed by atoms with van der Waals surface area (Å²) in [4.78, 5) is 28.4. The number of carbonyl (C=O) groups excluding carboxylic acids is 2. The number of pyridine rings is 1. The maximum absolute atomic E-state index is 12.5. The van der Waals surface area contributed by atoms with E-state index in [-0.39, 0.29) is 16.4 Å². The minimum absolute atomic E-state index is 0.0344. The molecule has 9 heteroatoms. The normalized spacial score (nSPS) is 12.4. The Kier molecular flexibility index (Phi) is 6.10. The average molecular weight is 401 g/mol. The molecular formula is C18H16ClF3N2O3. The molecule has 0 bridgehead atoms. The molecular weight excluding hydrogens is 385 g/mol. The van der Waals surface area contributed by atoms with Crippen LogP contribution in [0.2, 0.25) is 5.15 Å². The molecule has 1 N–H and O–H groups in total. The second-order valence-corrected chi connectivity index (χ2v) is 6.22. The number of anilines is 1. The van der Waals surface area contributed by atoms with E-state index in [9.17, 15) is 22.8 Å². The third-order valence-electron chi connectivity index (χ3n) is 3.64. The summed E-state index contributed by atoms with van der Waals surface area (Å²) in [6.07, 6.45) is -5.67. The highest BCUT2D eigenvalue weighted by atomic mass is 35.5. The van der Waals surface area contributed by atoms with Gasteiger partial charge < -0.3 is 10.1 Å². The van der Waals surface area contributed by atoms with E-state index in [0.29, 0.717) is 11.3 Å². The summed E-state index contributed by atoms with van der Waals surface area (Å²) in [5.74, 6) is -1.52. The summed E-state index contributed by atoms with van der Waals surface area (Å²) in [6, 6.07) is 5.55. The number of rotatable bonds is 4. The van der Waals surface area contributed by atoms with Crippen LogP contribution in [0.25, 0.3) is 0 Å². The van der Waals surface area contributed by atoms with Crippen molar-refractivity contribution in [2.45, 2.75) is 33.1 Å². The number of benzene rings is 1.